The van der Waals surface area contributed by atoms with Crippen LogP contribution in [0.25, 0.3) is 5.52 Å². The molecule has 3 heteroatoms. The van der Waals surface area contributed by atoms with Gasteiger partial charge in [0, 0.05) is 32.2 Å². The van der Waals surface area contributed by atoms with Gasteiger partial charge in [0.1, 0.15) is 0 Å². The van der Waals surface area contributed by atoms with Crippen molar-refractivity contribution < 1.29 is 0 Å². The second-order valence-electron chi connectivity index (χ2n) is 2.98. The Bertz CT molecular complexity index is 389. The summed E-state index contributed by atoms with van der Waals surface area (Å²) >= 11 is 0. The van der Waals surface area contributed by atoms with Gasteiger partial charge >= 0.3 is 0 Å². The van der Waals surface area contributed by atoms with Gasteiger partial charge in [0.25, 0.3) is 0 Å². The minimum atomic E-state index is 1.13. The molecule has 0 saturated heterocycles. The lowest BCUT2D eigenvalue weighted by molar-refractivity contribution is 0.957. The van der Waals surface area contributed by atoms with E-state index in [0.29, 0.717) is 0 Å². The van der Waals surface area contributed by atoms with Gasteiger partial charge in [-0.05, 0) is 18.2 Å². The Labute approximate surface area is 71.2 Å². The zero-order valence-corrected chi connectivity index (χ0v) is 7.23. The first-order valence-electron chi connectivity index (χ1n) is 3.88. The van der Waals surface area contributed by atoms with Gasteiger partial charge < -0.3 is 4.90 Å². The van der Waals surface area contributed by atoms with Crippen molar-refractivity contribution in [2.45, 2.75) is 0 Å². The Balaban J connectivity index is 2.60. The molecule has 0 amide bonds. The SMILES string of the molecule is CN(C)c1ccn2nccc2c1. The molecule has 62 valence electrons. The second-order valence-corrected chi connectivity index (χ2v) is 2.98. The molecule has 0 aliphatic carbocycles. The van der Waals surface area contributed by atoms with Gasteiger partial charge in [-0.2, -0.15) is 5.10 Å². The zero-order valence-electron chi connectivity index (χ0n) is 7.23. The summed E-state index contributed by atoms with van der Waals surface area (Å²) in [6.45, 7) is 0. The highest BCUT2D eigenvalue weighted by molar-refractivity contribution is 5.58. The minimum Gasteiger partial charge on any atom is -0.378 e. The lowest BCUT2D eigenvalue weighted by Gasteiger charge is -2.11. The highest BCUT2D eigenvalue weighted by Crippen LogP contribution is 2.13. The summed E-state index contributed by atoms with van der Waals surface area (Å²) in [6.07, 6.45) is 3.76. The highest BCUT2D eigenvalue weighted by atomic mass is 15.2. The molecule has 0 spiro atoms. The predicted octanol–water partition coefficient (Wildman–Crippen LogP) is 1.40. The van der Waals surface area contributed by atoms with Crippen LogP contribution < -0.4 is 4.90 Å². The fourth-order valence-electron chi connectivity index (χ4n) is 1.19. The third kappa shape index (κ3) is 1.03. The van der Waals surface area contributed by atoms with Crippen LogP contribution in [0.3, 0.4) is 0 Å². The van der Waals surface area contributed by atoms with Gasteiger partial charge in [-0.3, -0.25) is 0 Å². The Morgan fingerprint density at radius 1 is 1.33 bits per heavy atom. The summed E-state index contributed by atoms with van der Waals surface area (Å²) in [5.41, 5.74) is 2.32. The Morgan fingerprint density at radius 3 is 2.92 bits per heavy atom. The molecule has 2 heterocycles. The first-order chi connectivity index (χ1) is 5.77. The lowest BCUT2D eigenvalue weighted by Crippen LogP contribution is -2.08. The van der Waals surface area contributed by atoms with Crippen molar-refractivity contribution in [3.63, 3.8) is 0 Å². The summed E-state index contributed by atoms with van der Waals surface area (Å²) < 4.78 is 1.85. The molecule has 0 bridgehead atoms. The topological polar surface area (TPSA) is 20.5 Å². The Hall–Kier alpha value is -1.51. The molecule has 0 aliphatic rings. The number of fused-ring (bicyclic) bond motifs is 1. The van der Waals surface area contributed by atoms with E-state index in [9.17, 15) is 0 Å². The van der Waals surface area contributed by atoms with E-state index in [1.165, 1.54) is 5.69 Å². The van der Waals surface area contributed by atoms with Crippen LogP contribution in [0.2, 0.25) is 0 Å². The molecule has 0 saturated carbocycles. The summed E-state index contributed by atoms with van der Waals surface area (Å²) in [6, 6.07) is 6.14. The largest absolute Gasteiger partial charge is 0.378 e. The van der Waals surface area contributed by atoms with Crippen molar-refractivity contribution in [1.82, 2.24) is 9.61 Å². The zero-order chi connectivity index (χ0) is 8.55. The molecule has 0 N–H and O–H groups in total. The van der Waals surface area contributed by atoms with Crippen LogP contribution in [0.1, 0.15) is 0 Å². The molecule has 0 aromatic carbocycles. The van der Waals surface area contributed by atoms with E-state index < -0.39 is 0 Å². The molecule has 2 rings (SSSR count). The number of aromatic nitrogens is 2. The van der Waals surface area contributed by atoms with Gasteiger partial charge in [-0.1, -0.05) is 0 Å². The number of hydrogen-bond donors (Lipinski definition) is 0. The average molecular weight is 161 g/mol. The van der Waals surface area contributed by atoms with Crippen LogP contribution in [0.15, 0.2) is 30.6 Å². The molecule has 3 nitrogen and oxygen atoms in total. The van der Waals surface area contributed by atoms with Crippen molar-refractivity contribution in [2.24, 2.45) is 0 Å². The van der Waals surface area contributed by atoms with Gasteiger partial charge in [0.05, 0.1) is 5.52 Å². The van der Waals surface area contributed by atoms with Crippen LogP contribution in [0.4, 0.5) is 5.69 Å². The van der Waals surface area contributed by atoms with Crippen LogP contribution >= 0.6 is 0 Å². The quantitative estimate of drug-likeness (QED) is 0.630. The molecular formula is C9H11N3. The maximum Gasteiger partial charge on any atom is 0.0682 e. The Morgan fingerprint density at radius 2 is 2.17 bits per heavy atom. The van der Waals surface area contributed by atoms with E-state index in [2.05, 4.69) is 16.1 Å². The number of anilines is 1. The number of pyridine rings is 1. The lowest BCUT2D eigenvalue weighted by atomic mass is 10.3. The van der Waals surface area contributed by atoms with Crippen molar-refractivity contribution >= 4 is 11.2 Å². The second kappa shape index (κ2) is 2.52. The highest BCUT2D eigenvalue weighted by Gasteiger charge is 1.96. The van der Waals surface area contributed by atoms with Gasteiger partial charge in [-0.25, -0.2) is 4.52 Å². The van der Waals surface area contributed by atoms with E-state index in [0.717, 1.165) is 5.52 Å². The molecule has 12 heavy (non-hydrogen) atoms. The molecule has 0 aliphatic heterocycles. The molecule has 0 unspecified atom stereocenters. The molecule has 0 fully saturated rings. The maximum atomic E-state index is 4.12. The minimum absolute atomic E-state index is 1.13. The predicted molar refractivity (Wildman–Crippen MR) is 49.5 cm³/mol. The number of hydrogen-bond acceptors (Lipinski definition) is 2. The van der Waals surface area contributed by atoms with Crippen LogP contribution in [-0.4, -0.2) is 23.7 Å². The Kier molecular flexibility index (Phi) is 1.50. The smallest absolute Gasteiger partial charge is 0.0682 e. The van der Waals surface area contributed by atoms with E-state index in [1.54, 1.807) is 6.20 Å². The fraction of sp³-hybridized carbons (Fsp3) is 0.222. The number of nitrogens with zero attached hydrogens (tertiary/aromatic N) is 3. The third-order valence-electron chi connectivity index (χ3n) is 1.90. The molecule has 0 atom stereocenters. The van der Waals surface area contributed by atoms with Gasteiger partial charge in [-0.15, -0.1) is 0 Å². The normalized spacial score (nSPS) is 10.5. The summed E-state index contributed by atoms with van der Waals surface area (Å²) in [4.78, 5) is 2.08. The summed E-state index contributed by atoms with van der Waals surface area (Å²) in [7, 11) is 4.06. The molecule has 2 aromatic heterocycles. The van der Waals surface area contributed by atoms with Gasteiger partial charge in [0.2, 0.25) is 0 Å². The first-order valence-corrected chi connectivity index (χ1v) is 3.88. The van der Waals surface area contributed by atoms with Crippen molar-refractivity contribution in [3.05, 3.63) is 30.6 Å². The van der Waals surface area contributed by atoms with Gasteiger partial charge in [0.15, 0.2) is 0 Å². The van der Waals surface area contributed by atoms with E-state index >= 15 is 0 Å². The van der Waals surface area contributed by atoms with Crippen molar-refractivity contribution in [3.8, 4) is 0 Å². The van der Waals surface area contributed by atoms with Crippen LogP contribution in [0.5, 0.6) is 0 Å². The first kappa shape index (κ1) is 7.16. The standard InChI is InChI=1S/C9H11N3/c1-11(2)8-4-6-12-9(7-8)3-5-10-12/h3-7H,1-2H3. The maximum absolute atomic E-state index is 4.12. The fourth-order valence-corrected chi connectivity index (χ4v) is 1.19. The van der Waals surface area contributed by atoms with Crippen LogP contribution in [0, 0.1) is 0 Å². The molecular weight excluding hydrogens is 150 g/mol. The third-order valence-corrected chi connectivity index (χ3v) is 1.90. The monoisotopic (exact) mass is 161 g/mol. The van der Waals surface area contributed by atoms with E-state index in [1.807, 2.05) is 36.9 Å². The van der Waals surface area contributed by atoms with Crippen LogP contribution in [-0.2, 0) is 0 Å². The summed E-state index contributed by atoms with van der Waals surface area (Å²) in [5, 5.41) is 4.12. The van der Waals surface area contributed by atoms with E-state index in [4.69, 9.17) is 0 Å². The summed E-state index contributed by atoms with van der Waals surface area (Å²) in [5.74, 6) is 0. The average Bonchev–Trinajstić information content (AvgIpc) is 2.49. The molecule has 0 radical (unpaired) electrons. The molecule has 2 aromatic rings. The van der Waals surface area contributed by atoms with Crippen molar-refractivity contribution in [2.75, 3.05) is 19.0 Å². The number of rotatable bonds is 1. The van der Waals surface area contributed by atoms with Crippen molar-refractivity contribution in [1.29, 1.82) is 0 Å². The van der Waals surface area contributed by atoms with E-state index in [-0.39, 0.29) is 0 Å².